The molecule has 0 fully saturated rings. The van der Waals surface area contributed by atoms with Crippen LogP contribution in [0.15, 0.2) is 0 Å². The minimum absolute atomic E-state index is 0.0814. The van der Waals surface area contributed by atoms with E-state index in [-0.39, 0.29) is 21.3 Å². The van der Waals surface area contributed by atoms with E-state index in [1.54, 1.807) is 0 Å². The van der Waals surface area contributed by atoms with E-state index in [0.717, 1.165) is 49.9 Å². The number of carboxylic acid groups (broad SMARTS) is 2. The van der Waals surface area contributed by atoms with E-state index in [4.69, 9.17) is 9.47 Å². The molecule has 214 valence electrons. The van der Waals surface area contributed by atoms with Crippen molar-refractivity contribution in [1.82, 2.24) is 0 Å². The summed E-state index contributed by atoms with van der Waals surface area (Å²) >= 11 is 0.719. The van der Waals surface area contributed by atoms with Gasteiger partial charge in [-0.1, -0.05) is 129 Å². The predicted molar refractivity (Wildman–Crippen MR) is 153 cm³/mol. The Morgan fingerprint density at radius 1 is 0.514 bits per heavy atom. The van der Waals surface area contributed by atoms with Gasteiger partial charge in [0.05, 0.1) is 13.2 Å². The molecule has 0 spiro atoms. The lowest BCUT2D eigenvalue weighted by Crippen LogP contribution is -2.06. The number of hydrogen-bond donors (Lipinski definition) is 2. The van der Waals surface area contributed by atoms with E-state index in [0.29, 0.717) is 13.2 Å². The topological polar surface area (TPSA) is 93.1 Å². The summed E-state index contributed by atoms with van der Waals surface area (Å²) in [5.41, 5.74) is 0. The molecular weight excluding hydrogens is 488 g/mol. The van der Waals surface area contributed by atoms with Gasteiger partial charge in [-0.15, -0.1) is 11.3 Å². The Kier molecular flexibility index (Phi) is 20.0. The SMILES string of the molecule is CCCCCCCCCCCCOc1c(C(=O)O)sc(C(=O)O)c1OCCCCCCCCCCCC. The van der Waals surface area contributed by atoms with Gasteiger partial charge in [0.25, 0.3) is 0 Å². The van der Waals surface area contributed by atoms with Gasteiger partial charge in [0.15, 0.2) is 21.3 Å². The van der Waals surface area contributed by atoms with Crippen LogP contribution in [-0.2, 0) is 0 Å². The molecule has 1 aromatic heterocycles. The van der Waals surface area contributed by atoms with Crippen LogP contribution in [0.5, 0.6) is 11.5 Å². The van der Waals surface area contributed by atoms with Gasteiger partial charge in [-0.2, -0.15) is 0 Å². The average Bonchev–Trinajstić information content (AvgIpc) is 3.24. The first-order valence-corrected chi connectivity index (χ1v) is 15.7. The molecule has 0 aliphatic carbocycles. The molecule has 0 unspecified atom stereocenters. The van der Waals surface area contributed by atoms with Gasteiger partial charge in [0, 0.05) is 0 Å². The smallest absolute Gasteiger partial charge is 0.349 e. The van der Waals surface area contributed by atoms with Crippen LogP contribution in [0, 0.1) is 0 Å². The summed E-state index contributed by atoms with van der Waals surface area (Å²) in [6, 6.07) is 0. The highest BCUT2D eigenvalue weighted by atomic mass is 32.1. The number of unbranched alkanes of at least 4 members (excludes halogenated alkanes) is 18. The molecule has 2 N–H and O–H groups in total. The van der Waals surface area contributed by atoms with Crippen molar-refractivity contribution in [2.24, 2.45) is 0 Å². The number of thiophene rings is 1. The summed E-state index contributed by atoms with van der Waals surface area (Å²) in [5.74, 6) is -2.20. The molecule has 6 nitrogen and oxygen atoms in total. The summed E-state index contributed by atoms with van der Waals surface area (Å²) in [6.45, 7) is 5.18. The highest BCUT2D eigenvalue weighted by Crippen LogP contribution is 2.43. The van der Waals surface area contributed by atoms with E-state index in [1.807, 2.05) is 0 Å². The number of aromatic carboxylic acids is 2. The van der Waals surface area contributed by atoms with E-state index < -0.39 is 11.9 Å². The maximum atomic E-state index is 11.8. The Bertz CT molecular complexity index is 671. The summed E-state index contributed by atoms with van der Waals surface area (Å²) in [5, 5.41) is 19.2. The molecule has 0 aliphatic heterocycles. The maximum absolute atomic E-state index is 11.8. The molecule has 0 radical (unpaired) electrons. The van der Waals surface area contributed by atoms with Crippen LogP contribution < -0.4 is 9.47 Å². The van der Waals surface area contributed by atoms with E-state index >= 15 is 0 Å². The van der Waals surface area contributed by atoms with Crippen LogP contribution in [0.4, 0.5) is 0 Å². The molecule has 0 aliphatic rings. The first-order chi connectivity index (χ1) is 18.0. The van der Waals surface area contributed by atoms with Crippen molar-refractivity contribution in [3.05, 3.63) is 9.75 Å². The van der Waals surface area contributed by atoms with Gasteiger partial charge >= 0.3 is 11.9 Å². The first-order valence-electron chi connectivity index (χ1n) is 14.9. The van der Waals surface area contributed by atoms with Crippen molar-refractivity contribution in [2.75, 3.05) is 13.2 Å². The molecule has 0 saturated carbocycles. The van der Waals surface area contributed by atoms with E-state index in [2.05, 4.69) is 13.8 Å². The van der Waals surface area contributed by atoms with E-state index in [9.17, 15) is 19.8 Å². The monoisotopic (exact) mass is 540 g/mol. The largest absolute Gasteiger partial charge is 0.488 e. The molecule has 0 aromatic carbocycles. The second-order valence-electron chi connectivity index (χ2n) is 10.1. The molecule has 0 saturated heterocycles. The van der Waals surface area contributed by atoms with Crippen molar-refractivity contribution in [2.45, 2.75) is 142 Å². The van der Waals surface area contributed by atoms with Gasteiger partial charge in [-0.3, -0.25) is 0 Å². The van der Waals surface area contributed by atoms with Gasteiger partial charge in [-0.05, 0) is 12.8 Å². The number of hydrogen-bond acceptors (Lipinski definition) is 5. The summed E-state index contributed by atoms with van der Waals surface area (Å²) in [6.07, 6.45) is 24.0. The van der Waals surface area contributed by atoms with Gasteiger partial charge in [0.2, 0.25) is 0 Å². The quantitative estimate of drug-likeness (QED) is 0.114. The zero-order valence-corrected chi connectivity index (χ0v) is 24.3. The normalized spacial score (nSPS) is 11.1. The maximum Gasteiger partial charge on any atom is 0.349 e. The highest BCUT2D eigenvalue weighted by Gasteiger charge is 2.29. The highest BCUT2D eigenvalue weighted by molar-refractivity contribution is 7.16. The fourth-order valence-corrected chi connectivity index (χ4v) is 5.34. The Morgan fingerprint density at radius 3 is 1.05 bits per heavy atom. The van der Waals surface area contributed by atoms with Crippen molar-refractivity contribution in [3.63, 3.8) is 0 Å². The number of carboxylic acids is 2. The summed E-state index contributed by atoms with van der Waals surface area (Å²) in [4.78, 5) is 23.3. The van der Waals surface area contributed by atoms with Crippen molar-refractivity contribution < 1.29 is 29.3 Å². The van der Waals surface area contributed by atoms with E-state index in [1.165, 1.54) is 89.9 Å². The van der Waals surface area contributed by atoms with Crippen LogP contribution in [0.3, 0.4) is 0 Å². The van der Waals surface area contributed by atoms with Crippen molar-refractivity contribution in [1.29, 1.82) is 0 Å². The molecule has 1 rings (SSSR count). The Morgan fingerprint density at radius 2 is 0.784 bits per heavy atom. The lowest BCUT2D eigenvalue weighted by atomic mass is 10.1. The second-order valence-corrected chi connectivity index (χ2v) is 11.1. The third-order valence-electron chi connectivity index (χ3n) is 6.70. The first kappa shape index (κ1) is 33.3. The molecule has 0 atom stereocenters. The Labute approximate surface area is 229 Å². The zero-order chi connectivity index (χ0) is 27.1. The van der Waals surface area contributed by atoms with Crippen molar-refractivity contribution in [3.8, 4) is 11.5 Å². The lowest BCUT2D eigenvalue weighted by molar-refractivity contribution is 0.0685. The zero-order valence-electron chi connectivity index (χ0n) is 23.5. The molecule has 1 aromatic rings. The number of carbonyl (C=O) groups is 2. The van der Waals surface area contributed by atoms with Crippen LogP contribution in [0.2, 0.25) is 0 Å². The van der Waals surface area contributed by atoms with Gasteiger partial charge in [-0.25, -0.2) is 9.59 Å². The minimum Gasteiger partial charge on any atom is -0.488 e. The number of rotatable bonds is 26. The second kappa shape index (κ2) is 22.2. The standard InChI is InChI=1S/C30H52O6S/c1-3-5-7-9-11-13-15-17-19-21-23-35-25-26(28(30(33)34)37-27(25)29(31)32)36-24-22-20-18-16-14-12-10-8-6-4-2/h3-24H2,1-2H3,(H,31,32)(H,33,34). The third kappa shape index (κ3) is 15.3. The third-order valence-corrected chi connectivity index (χ3v) is 7.83. The fraction of sp³-hybridized carbons (Fsp3) is 0.800. The van der Waals surface area contributed by atoms with Crippen LogP contribution in [0.25, 0.3) is 0 Å². The van der Waals surface area contributed by atoms with Crippen LogP contribution in [-0.4, -0.2) is 35.4 Å². The number of ether oxygens (including phenoxy) is 2. The van der Waals surface area contributed by atoms with Crippen LogP contribution >= 0.6 is 11.3 Å². The Hall–Kier alpha value is -1.76. The molecule has 0 amide bonds. The molecular formula is C30H52O6S. The summed E-state index contributed by atoms with van der Waals surface area (Å²) < 4.78 is 11.6. The molecule has 0 bridgehead atoms. The fourth-order valence-electron chi connectivity index (χ4n) is 4.47. The Balaban J connectivity index is 2.41. The lowest BCUT2D eigenvalue weighted by Gasteiger charge is -2.11. The molecule has 37 heavy (non-hydrogen) atoms. The molecule has 1 heterocycles. The summed E-state index contributed by atoms with van der Waals surface area (Å²) in [7, 11) is 0. The van der Waals surface area contributed by atoms with Crippen molar-refractivity contribution >= 4 is 23.3 Å². The molecule has 7 heteroatoms. The average molecular weight is 541 g/mol. The van der Waals surface area contributed by atoms with Crippen LogP contribution in [0.1, 0.15) is 162 Å². The predicted octanol–water partition coefficient (Wildman–Crippen LogP) is 9.74. The van der Waals surface area contributed by atoms with Gasteiger partial charge < -0.3 is 19.7 Å². The van der Waals surface area contributed by atoms with Gasteiger partial charge in [0.1, 0.15) is 0 Å². The minimum atomic E-state index is -1.18.